The van der Waals surface area contributed by atoms with Crippen LogP contribution in [0.2, 0.25) is 0 Å². The first-order valence-corrected chi connectivity index (χ1v) is 5.60. The molecule has 0 aromatic carbocycles. The van der Waals surface area contributed by atoms with E-state index in [0.717, 1.165) is 5.75 Å². The summed E-state index contributed by atoms with van der Waals surface area (Å²) in [5, 5.41) is 20.5. The largest absolute Gasteiger partial charge is 0.480 e. The molecule has 13 heavy (non-hydrogen) atoms. The molecule has 0 fully saturated rings. The number of nitrogens with one attached hydrogen (secondary N) is 1. The van der Waals surface area contributed by atoms with Gasteiger partial charge in [0.2, 0.25) is 0 Å². The fourth-order valence-corrected chi connectivity index (χ4v) is 1.33. The van der Waals surface area contributed by atoms with Gasteiger partial charge in [-0.05, 0) is 25.4 Å². The molecule has 3 N–H and O–H groups in total. The lowest BCUT2D eigenvalue weighted by molar-refractivity contribution is -0.139. The van der Waals surface area contributed by atoms with E-state index in [1.807, 2.05) is 6.26 Å². The lowest BCUT2D eigenvalue weighted by atomic mass is 10.2. The fourth-order valence-electron chi connectivity index (χ4n) is 0.861. The molecule has 78 valence electrons. The van der Waals surface area contributed by atoms with E-state index in [-0.39, 0.29) is 0 Å². The van der Waals surface area contributed by atoms with Crippen LogP contribution in [-0.2, 0) is 4.79 Å². The SMILES string of the molecule is CSCC[C@H](NCC(C)O)C(=O)O. The van der Waals surface area contributed by atoms with E-state index in [9.17, 15) is 4.79 Å². The van der Waals surface area contributed by atoms with Crippen LogP contribution in [0.5, 0.6) is 0 Å². The van der Waals surface area contributed by atoms with E-state index in [1.165, 1.54) is 0 Å². The van der Waals surface area contributed by atoms with Crippen LogP contribution in [0.3, 0.4) is 0 Å². The van der Waals surface area contributed by atoms with Crippen molar-refractivity contribution >= 4 is 17.7 Å². The Labute approximate surface area is 82.7 Å². The van der Waals surface area contributed by atoms with Crippen molar-refractivity contribution in [3.63, 3.8) is 0 Å². The minimum Gasteiger partial charge on any atom is -0.480 e. The monoisotopic (exact) mass is 207 g/mol. The molecule has 0 rings (SSSR count). The average Bonchev–Trinajstić information content (AvgIpc) is 2.03. The first-order chi connectivity index (χ1) is 6.07. The van der Waals surface area contributed by atoms with Crippen LogP contribution < -0.4 is 5.32 Å². The normalized spacial score (nSPS) is 15.3. The number of aliphatic carboxylic acids is 1. The topological polar surface area (TPSA) is 69.6 Å². The minimum atomic E-state index is -0.852. The standard InChI is InChI=1S/C8H17NO3S/c1-6(10)5-9-7(8(11)12)3-4-13-2/h6-7,9-10H,3-5H2,1-2H3,(H,11,12)/t6?,7-/m0/s1. The van der Waals surface area contributed by atoms with Gasteiger partial charge in [-0.2, -0.15) is 11.8 Å². The Morgan fingerprint density at radius 3 is 2.62 bits per heavy atom. The summed E-state index contributed by atoms with van der Waals surface area (Å²) < 4.78 is 0. The Morgan fingerprint density at radius 1 is 1.62 bits per heavy atom. The van der Waals surface area contributed by atoms with Gasteiger partial charge in [0.15, 0.2) is 0 Å². The molecular formula is C8H17NO3S. The Kier molecular flexibility index (Phi) is 7.03. The molecule has 0 saturated heterocycles. The Morgan fingerprint density at radius 2 is 2.23 bits per heavy atom. The summed E-state index contributed by atoms with van der Waals surface area (Å²) >= 11 is 1.62. The number of thioether (sulfide) groups is 1. The van der Waals surface area contributed by atoms with Crippen LogP contribution in [0, 0.1) is 0 Å². The highest BCUT2D eigenvalue weighted by molar-refractivity contribution is 7.98. The van der Waals surface area contributed by atoms with E-state index in [2.05, 4.69) is 5.32 Å². The molecule has 0 aliphatic heterocycles. The number of carbonyl (C=O) groups is 1. The van der Waals surface area contributed by atoms with Crippen molar-refractivity contribution in [3.8, 4) is 0 Å². The van der Waals surface area contributed by atoms with Gasteiger partial charge < -0.3 is 15.5 Å². The highest BCUT2D eigenvalue weighted by atomic mass is 32.2. The van der Waals surface area contributed by atoms with Crippen LogP contribution in [0.25, 0.3) is 0 Å². The van der Waals surface area contributed by atoms with Crippen LogP contribution in [-0.4, -0.2) is 46.9 Å². The molecule has 0 amide bonds. The van der Waals surface area contributed by atoms with Crippen molar-refractivity contribution in [2.45, 2.75) is 25.5 Å². The lowest BCUT2D eigenvalue weighted by Gasteiger charge is -2.14. The maximum Gasteiger partial charge on any atom is 0.320 e. The number of carboxylic acid groups (broad SMARTS) is 1. The van der Waals surface area contributed by atoms with Crippen molar-refractivity contribution in [1.29, 1.82) is 0 Å². The quantitative estimate of drug-likeness (QED) is 0.555. The van der Waals surface area contributed by atoms with Crippen molar-refractivity contribution in [1.82, 2.24) is 5.32 Å². The van der Waals surface area contributed by atoms with E-state index in [1.54, 1.807) is 18.7 Å². The van der Waals surface area contributed by atoms with Crippen LogP contribution >= 0.6 is 11.8 Å². The van der Waals surface area contributed by atoms with E-state index in [4.69, 9.17) is 10.2 Å². The molecule has 1 unspecified atom stereocenters. The van der Waals surface area contributed by atoms with Crippen molar-refractivity contribution in [2.75, 3.05) is 18.6 Å². The van der Waals surface area contributed by atoms with Gasteiger partial charge in [-0.15, -0.1) is 0 Å². The second-order valence-corrected chi connectivity index (χ2v) is 3.92. The molecular weight excluding hydrogens is 190 g/mol. The van der Waals surface area contributed by atoms with Gasteiger partial charge in [0.25, 0.3) is 0 Å². The minimum absolute atomic E-state index is 0.325. The smallest absolute Gasteiger partial charge is 0.320 e. The molecule has 0 aromatic heterocycles. The van der Waals surface area contributed by atoms with E-state index in [0.29, 0.717) is 13.0 Å². The predicted molar refractivity (Wildman–Crippen MR) is 54.1 cm³/mol. The summed E-state index contributed by atoms with van der Waals surface area (Å²) in [4.78, 5) is 10.7. The molecule has 5 heteroatoms. The van der Waals surface area contributed by atoms with Crippen LogP contribution in [0.15, 0.2) is 0 Å². The zero-order valence-electron chi connectivity index (χ0n) is 7.99. The molecule has 0 aliphatic carbocycles. The highest BCUT2D eigenvalue weighted by Gasteiger charge is 2.16. The van der Waals surface area contributed by atoms with Gasteiger partial charge >= 0.3 is 5.97 Å². The Bertz CT molecular complexity index is 152. The second-order valence-electron chi connectivity index (χ2n) is 2.93. The number of rotatable bonds is 7. The highest BCUT2D eigenvalue weighted by Crippen LogP contribution is 2.00. The van der Waals surface area contributed by atoms with E-state index < -0.39 is 18.1 Å². The summed E-state index contributed by atoms with van der Waals surface area (Å²) in [6.45, 7) is 1.95. The van der Waals surface area contributed by atoms with Gasteiger partial charge in [-0.3, -0.25) is 4.79 Å². The van der Waals surface area contributed by atoms with Crippen molar-refractivity contribution in [3.05, 3.63) is 0 Å². The Balaban J connectivity index is 3.74. The van der Waals surface area contributed by atoms with Gasteiger partial charge in [0.1, 0.15) is 6.04 Å². The fraction of sp³-hybridized carbons (Fsp3) is 0.875. The summed E-state index contributed by atoms with van der Waals surface area (Å²) in [5.41, 5.74) is 0. The third-order valence-corrected chi connectivity index (χ3v) is 2.21. The zero-order chi connectivity index (χ0) is 10.3. The Hall–Kier alpha value is -0.260. The third-order valence-electron chi connectivity index (χ3n) is 1.57. The van der Waals surface area contributed by atoms with Gasteiger partial charge in [-0.1, -0.05) is 0 Å². The van der Waals surface area contributed by atoms with Gasteiger partial charge in [-0.25, -0.2) is 0 Å². The first kappa shape index (κ1) is 12.7. The molecule has 0 aliphatic rings. The first-order valence-electron chi connectivity index (χ1n) is 4.21. The number of hydrogen-bond donors (Lipinski definition) is 3. The number of aliphatic hydroxyl groups is 1. The molecule has 4 nitrogen and oxygen atoms in total. The molecule has 0 radical (unpaired) electrons. The molecule has 0 bridgehead atoms. The third kappa shape index (κ3) is 6.86. The van der Waals surface area contributed by atoms with Gasteiger partial charge in [0, 0.05) is 6.54 Å². The summed E-state index contributed by atoms with van der Waals surface area (Å²) in [7, 11) is 0. The average molecular weight is 207 g/mol. The van der Waals surface area contributed by atoms with Gasteiger partial charge in [0.05, 0.1) is 6.10 Å². The maximum atomic E-state index is 10.7. The summed E-state index contributed by atoms with van der Waals surface area (Å²) in [6.07, 6.45) is 2.02. The zero-order valence-corrected chi connectivity index (χ0v) is 8.80. The molecule has 2 atom stereocenters. The maximum absolute atomic E-state index is 10.7. The number of hydrogen-bond acceptors (Lipinski definition) is 4. The summed E-state index contributed by atoms with van der Waals surface area (Å²) in [5.74, 6) is -0.0428. The molecule has 0 saturated carbocycles. The molecule has 0 aromatic rings. The second kappa shape index (κ2) is 7.17. The van der Waals surface area contributed by atoms with Crippen molar-refractivity contribution in [2.24, 2.45) is 0 Å². The number of carboxylic acids is 1. The van der Waals surface area contributed by atoms with E-state index >= 15 is 0 Å². The van der Waals surface area contributed by atoms with Crippen LogP contribution in [0.1, 0.15) is 13.3 Å². The molecule has 0 heterocycles. The van der Waals surface area contributed by atoms with Crippen molar-refractivity contribution < 1.29 is 15.0 Å². The number of aliphatic hydroxyl groups excluding tert-OH is 1. The molecule has 0 spiro atoms. The van der Waals surface area contributed by atoms with Crippen LogP contribution in [0.4, 0.5) is 0 Å². The lowest BCUT2D eigenvalue weighted by Crippen LogP contribution is -2.40. The predicted octanol–water partition coefficient (Wildman–Crippen LogP) is 0.163. The summed E-state index contributed by atoms with van der Waals surface area (Å²) in [6, 6.07) is -0.540.